The molecular weight excluding hydrogens is 193 g/mol. The van der Waals surface area contributed by atoms with Crippen LogP contribution in [-0.4, -0.2) is 6.61 Å². The van der Waals surface area contributed by atoms with Crippen molar-refractivity contribution < 1.29 is 9.13 Å². The maximum absolute atomic E-state index is 12.9. The van der Waals surface area contributed by atoms with E-state index in [9.17, 15) is 4.39 Å². The van der Waals surface area contributed by atoms with Crippen molar-refractivity contribution in [1.29, 1.82) is 5.26 Å². The summed E-state index contributed by atoms with van der Waals surface area (Å²) >= 11 is 0. The Labute approximate surface area is 88.3 Å². The molecular formula is C12H10FNO. The minimum absolute atomic E-state index is 0.127. The molecule has 0 aromatic heterocycles. The summed E-state index contributed by atoms with van der Waals surface area (Å²) in [7, 11) is 0. The zero-order valence-electron chi connectivity index (χ0n) is 8.38. The summed E-state index contributed by atoms with van der Waals surface area (Å²) < 4.78 is 18.2. The second-order valence-electron chi connectivity index (χ2n) is 2.71. The summed E-state index contributed by atoms with van der Waals surface area (Å²) in [6, 6.07) is 6.05. The molecule has 0 saturated heterocycles. The first-order chi connectivity index (χ1) is 7.27. The molecule has 0 bridgehead atoms. The summed E-state index contributed by atoms with van der Waals surface area (Å²) in [5.41, 5.74) is 0.479. The normalized spacial score (nSPS) is 8.60. The summed E-state index contributed by atoms with van der Waals surface area (Å²) in [6.07, 6.45) is 0.127. The number of rotatable bonds is 2. The first-order valence-electron chi connectivity index (χ1n) is 4.56. The Balaban J connectivity index is 2.99. The third-order valence-corrected chi connectivity index (χ3v) is 1.63. The highest BCUT2D eigenvalue weighted by molar-refractivity contribution is 5.46. The Hall–Kier alpha value is -2.00. The van der Waals surface area contributed by atoms with E-state index in [-0.39, 0.29) is 12.2 Å². The fraction of sp³-hybridized carbons (Fsp3) is 0.250. The number of nitrogens with zero attached hydrogens (tertiary/aromatic N) is 1. The number of halogens is 1. The van der Waals surface area contributed by atoms with Gasteiger partial charge in [-0.3, -0.25) is 0 Å². The van der Waals surface area contributed by atoms with Gasteiger partial charge in [0.25, 0.3) is 0 Å². The molecule has 1 aromatic carbocycles. The number of hydrogen-bond acceptors (Lipinski definition) is 2. The van der Waals surface area contributed by atoms with E-state index in [0.29, 0.717) is 17.9 Å². The van der Waals surface area contributed by atoms with E-state index in [0.717, 1.165) is 0 Å². The maximum Gasteiger partial charge on any atom is 0.135 e. The third-order valence-electron chi connectivity index (χ3n) is 1.63. The van der Waals surface area contributed by atoms with Gasteiger partial charge in [-0.1, -0.05) is 11.8 Å². The molecule has 0 radical (unpaired) electrons. The Morgan fingerprint density at radius 2 is 2.27 bits per heavy atom. The molecule has 76 valence electrons. The Morgan fingerprint density at radius 3 is 2.93 bits per heavy atom. The SMILES string of the molecule is CCOc1ccc(F)cc1C#CCC#N. The standard InChI is InChI=1S/C12H10FNO/c1-2-15-12-7-6-11(13)9-10(12)5-3-4-8-14/h6-7,9H,2,4H2,1H3. The molecule has 0 spiro atoms. The fourth-order valence-electron chi connectivity index (χ4n) is 1.06. The van der Waals surface area contributed by atoms with Crippen molar-refractivity contribution >= 4 is 0 Å². The van der Waals surface area contributed by atoms with Crippen LogP contribution in [0.2, 0.25) is 0 Å². The quantitative estimate of drug-likeness (QED) is 0.692. The Kier molecular flexibility index (Phi) is 4.19. The lowest BCUT2D eigenvalue weighted by Gasteiger charge is -2.04. The van der Waals surface area contributed by atoms with Crippen molar-refractivity contribution in [2.45, 2.75) is 13.3 Å². The molecule has 0 atom stereocenters. The van der Waals surface area contributed by atoms with Gasteiger partial charge in [-0.25, -0.2) is 4.39 Å². The zero-order valence-corrected chi connectivity index (χ0v) is 8.38. The zero-order chi connectivity index (χ0) is 11.1. The predicted molar refractivity (Wildman–Crippen MR) is 54.7 cm³/mol. The van der Waals surface area contributed by atoms with Crippen molar-refractivity contribution in [2.24, 2.45) is 0 Å². The second-order valence-corrected chi connectivity index (χ2v) is 2.71. The van der Waals surface area contributed by atoms with Gasteiger partial charge in [0.05, 0.1) is 24.7 Å². The first kappa shape index (κ1) is 11.1. The van der Waals surface area contributed by atoms with E-state index >= 15 is 0 Å². The molecule has 0 heterocycles. The van der Waals surface area contributed by atoms with Crippen LogP contribution in [0.1, 0.15) is 18.9 Å². The average Bonchev–Trinajstić information content (AvgIpc) is 2.22. The summed E-state index contributed by atoms with van der Waals surface area (Å²) in [5.74, 6) is 5.51. The average molecular weight is 203 g/mol. The molecule has 1 rings (SSSR count). The lowest BCUT2D eigenvalue weighted by Crippen LogP contribution is -1.94. The van der Waals surface area contributed by atoms with Crippen LogP contribution in [0.25, 0.3) is 0 Å². The lowest BCUT2D eigenvalue weighted by atomic mass is 10.2. The van der Waals surface area contributed by atoms with Crippen LogP contribution in [0.4, 0.5) is 4.39 Å². The van der Waals surface area contributed by atoms with E-state index in [4.69, 9.17) is 10.00 Å². The number of ether oxygens (including phenoxy) is 1. The van der Waals surface area contributed by atoms with Gasteiger partial charge in [-0.2, -0.15) is 5.26 Å². The maximum atomic E-state index is 12.9. The van der Waals surface area contributed by atoms with Crippen LogP contribution in [-0.2, 0) is 0 Å². The van der Waals surface area contributed by atoms with E-state index in [1.54, 1.807) is 0 Å². The van der Waals surface area contributed by atoms with Crippen LogP contribution in [0.3, 0.4) is 0 Å². The Bertz CT molecular complexity index is 437. The van der Waals surface area contributed by atoms with Crippen molar-refractivity contribution in [2.75, 3.05) is 6.61 Å². The van der Waals surface area contributed by atoms with Gasteiger partial charge in [0.2, 0.25) is 0 Å². The van der Waals surface area contributed by atoms with Crippen LogP contribution < -0.4 is 4.74 Å². The largest absolute Gasteiger partial charge is 0.493 e. The molecule has 0 aliphatic carbocycles. The van der Waals surface area contributed by atoms with Crippen LogP contribution in [0.15, 0.2) is 18.2 Å². The minimum Gasteiger partial charge on any atom is -0.493 e. The highest BCUT2D eigenvalue weighted by Gasteiger charge is 2.01. The second kappa shape index (κ2) is 5.67. The molecule has 1 aromatic rings. The molecule has 0 amide bonds. The van der Waals surface area contributed by atoms with Crippen LogP contribution in [0, 0.1) is 29.0 Å². The highest BCUT2D eigenvalue weighted by atomic mass is 19.1. The van der Waals surface area contributed by atoms with Crippen molar-refractivity contribution in [1.82, 2.24) is 0 Å². The van der Waals surface area contributed by atoms with E-state index in [2.05, 4.69) is 11.8 Å². The van der Waals surface area contributed by atoms with Crippen molar-refractivity contribution in [3.8, 4) is 23.7 Å². The number of nitriles is 1. The molecule has 15 heavy (non-hydrogen) atoms. The van der Waals surface area contributed by atoms with Gasteiger partial charge in [-0.15, -0.1) is 0 Å². The van der Waals surface area contributed by atoms with Gasteiger partial charge in [0.15, 0.2) is 0 Å². The number of benzene rings is 1. The topological polar surface area (TPSA) is 33.0 Å². The van der Waals surface area contributed by atoms with Crippen LogP contribution >= 0.6 is 0 Å². The molecule has 0 N–H and O–H groups in total. The molecule has 0 unspecified atom stereocenters. The van der Waals surface area contributed by atoms with Crippen LogP contribution in [0.5, 0.6) is 5.75 Å². The number of hydrogen-bond donors (Lipinski definition) is 0. The first-order valence-corrected chi connectivity index (χ1v) is 4.56. The third kappa shape index (κ3) is 3.32. The lowest BCUT2D eigenvalue weighted by molar-refractivity contribution is 0.338. The minimum atomic E-state index is -0.361. The summed E-state index contributed by atoms with van der Waals surface area (Å²) in [5, 5.41) is 8.31. The van der Waals surface area contributed by atoms with E-state index in [1.165, 1.54) is 18.2 Å². The molecule has 0 fully saturated rings. The molecule has 0 aliphatic rings. The fourth-order valence-corrected chi connectivity index (χ4v) is 1.06. The molecule has 2 nitrogen and oxygen atoms in total. The van der Waals surface area contributed by atoms with Gasteiger partial charge in [0, 0.05) is 0 Å². The molecule has 3 heteroatoms. The van der Waals surface area contributed by atoms with Gasteiger partial charge < -0.3 is 4.74 Å². The van der Waals surface area contributed by atoms with Crippen molar-refractivity contribution in [3.63, 3.8) is 0 Å². The van der Waals surface area contributed by atoms with E-state index in [1.807, 2.05) is 13.0 Å². The molecule has 0 aliphatic heterocycles. The summed E-state index contributed by atoms with van der Waals surface area (Å²) in [6.45, 7) is 2.34. The Morgan fingerprint density at radius 1 is 1.47 bits per heavy atom. The molecule has 0 saturated carbocycles. The van der Waals surface area contributed by atoms with Gasteiger partial charge in [0.1, 0.15) is 11.6 Å². The van der Waals surface area contributed by atoms with Crippen molar-refractivity contribution in [3.05, 3.63) is 29.6 Å². The predicted octanol–water partition coefficient (Wildman–Crippen LogP) is 2.49. The van der Waals surface area contributed by atoms with Gasteiger partial charge >= 0.3 is 0 Å². The smallest absolute Gasteiger partial charge is 0.135 e. The monoisotopic (exact) mass is 203 g/mol. The van der Waals surface area contributed by atoms with E-state index < -0.39 is 0 Å². The summed E-state index contributed by atoms with van der Waals surface area (Å²) in [4.78, 5) is 0. The highest BCUT2D eigenvalue weighted by Crippen LogP contribution is 2.18. The van der Waals surface area contributed by atoms with Gasteiger partial charge in [-0.05, 0) is 25.1 Å².